The highest BCUT2D eigenvalue weighted by Crippen LogP contribution is 2.64. The van der Waals surface area contributed by atoms with Crippen LogP contribution in [-0.4, -0.2) is 93.5 Å². The lowest BCUT2D eigenvalue weighted by atomic mass is 9.43. The van der Waals surface area contributed by atoms with Crippen LogP contribution in [0.1, 0.15) is 65.3 Å². The van der Waals surface area contributed by atoms with E-state index in [1.807, 2.05) is 5.38 Å². The van der Waals surface area contributed by atoms with Crippen LogP contribution in [0.3, 0.4) is 0 Å². The van der Waals surface area contributed by atoms with E-state index >= 15 is 0 Å². The molecule has 0 spiro atoms. The van der Waals surface area contributed by atoms with Crippen molar-refractivity contribution in [2.75, 3.05) is 13.7 Å². The number of Topliss-reactive ketones (excluding diaryl/α,β-unsaturated/α-hetero) is 1. The van der Waals surface area contributed by atoms with Gasteiger partial charge in [-0.05, 0) is 49.4 Å². The van der Waals surface area contributed by atoms with E-state index in [1.165, 1.54) is 18.3 Å². The lowest BCUT2D eigenvalue weighted by molar-refractivity contribution is -0.335. The molecular formula is C31H43NO10S. The first kappa shape index (κ1) is 32.2. The standard InChI is InChI=1S/C31H43NO10S/c1-14-17(42-27(37)23(35)22(32-7)18-9-8-10-43-18)12-31(39)15(2)25-29(6,19(34)11-20-30(25,38)13-40-20)26(36)24(41-16(3)33)21(14)28(31,4)5/h8-10,15,17,19-20,22-25,32,34-35,38-39H,11-13H2,1-7H3/t15?,17-,19-,20+,22-,23+,24+,25?,29+,30-,31+/m0/s1. The molecule has 5 N–H and O–H groups in total. The number of aliphatic hydroxyl groups excluding tert-OH is 2. The Morgan fingerprint density at radius 1 is 1.21 bits per heavy atom. The van der Waals surface area contributed by atoms with Gasteiger partial charge in [0.25, 0.3) is 0 Å². The summed E-state index contributed by atoms with van der Waals surface area (Å²) in [6.45, 7) is 9.53. The Bertz CT molecular complexity index is 1330. The molecule has 11 nitrogen and oxygen atoms in total. The number of likely N-dealkylation sites (N-methyl/N-ethyl adjacent to an activating group) is 1. The second-order valence-corrected chi connectivity index (χ2v) is 14.4. The monoisotopic (exact) mass is 621 g/mol. The van der Waals surface area contributed by atoms with Crippen molar-refractivity contribution in [3.8, 4) is 0 Å². The van der Waals surface area contributed by atoms with Gasteiger partial charge in [-0.25, -0.2) is 4.79 Å². The molecule has 0 amide bonds. The molecule has 3 fully saturated rings. The van der Waals surface area contributed by atoms with Crippen molar-refractivity contribution < 1.29 is 49.0 Å². The van der Waals surface area contributed by atoms with Gasteiger partial charge in [0.15, 0.2) is 18.0 Å². The lowest BCUT2D eigenvalue weighted by Gasteiger charge is -2.67. The van der Waals surface area contributed by atoms with E-state index in [0.717, 1.165) is 4.88 Å². The molecule has 0 radical (unpaired) electrons. The van der Waals surface area contributed by atoms with Gasteiger partial charge in [0.2, 0.25) is 0 Å². The van der Waals surface area contributed by atoms with Crippen molar-refractivity contribution >= 4 is 29.1 Å². The van der Waals surface area contributed by atoms with E-state index in [9.17, 15) is 34.8 Å². The van der Waals surface area contributed by atoms with Crippen molar-refractivity contribution in [2.24, 2.45) is 22.7 Å². The normalized spacial score (nSPS) is 41.5. The highest BCUT2D eigenvalue weighted by molar-refractivity contribution is 7.10. The maximum Gasteiger partial charge on any atom is 0.337 e. The number of thiophene rings is 1. The largest absolute Gasteiger partial charge is 0.456 e. The third-order valence-corrected chi connectivity index (χ3v) is 12.0. The molecule has 2 saturated carbocycles. The molecule has 1 aromatic rings. The molecule has 1 aliphatic heterocycles. The number of hydrogen-bond donors (Lipinski definition) is 5. The predicted molar refractivity (Wildman–Crippen MR) is 155 cm³/mol. The van der Waals surface area contributed by atoms with E-state index < -0.39 is 88.2 Å². The molecule has 2 bridgehead atoms. The quantitative estimate of drug-likeness (QED) is 0.230. The number of ether oxygens (including phenoxy) is 3. The maximum atomic E-state index is 14.6. The van der Waals surface area contributed by atoms with Crippen LogP contribution in [0, 0.1) is 22.7 Å². The Balaban J connectivity index is 1.64. The fraction of sp³-hybridized carbons (Fsp3) is 0.710. The predicted octanol–water partition coefficient (Wildman–Crippen LogP) is 1.43. The second-order valence-electron chi connectivity index (χ2n) is 13.4. The van der Waals surface area contributed by atoms with Crippen LogP contribution in [0.25, 0.3) is 0 Å². The summed E-state index contributed by atoms with van der Waals surface area (Å²) in [5, 5.41) is 51.9. The number of esters is 2. The number of hydrogen-bond acceptors (Lipinski definition) is 12. The number of carbonyl (C=O) groups excluding carboxylic acids is 3. The van der Waals surface area contributed by atoms with Gasteiger partial charge in [-0.2, -0.15) is 0 Å². The number of fused-ring (bicyclic) bond motifs is 5. The number of rotatable bonds is 6. The maximum absolute atomic E-state index is 14.6. The van der Waals surface area contributed by atoms with Crippen molar-refractivity contribution in [1.82, 2.24) is 5.32 Å². The van der Waals surface area contributed by atoms with Gasteiger partial charge in [0.1, 0.15) is 11.7 Å². The third kappa shape index (κ3) is 4.47. The SMILES string of the molecule is CN[C@@H](c1cccs1)[C@@H](O)C(=O)O[C@H]1C[C@@]2(O)C(C)C3[C@]4(O)CO[C@@H]4C[C@H](O)[C@@]3(C)C(=O)[C@H](OC(C)=O)C(=C1C)C2(C)C. The highest BCUT2D eigenvalue weighted by atomic mass is 32.1. The van der Waals surface area contributed by atoms with Crippen molar-refractivity contribution in [1.29, 1.82) is 0 Å². The van der Waals surface area contributed by atoms with E-state index in [2.05, 4.69) is 5.32 Å². The summed E-state index contributed by atoms with van der Waals surface area (Å²) < 4.78 is 17.2. The average molecular weight is 622 g/mol. The van der Waals surface area contributed by atoms with Crippen molar-refractivity contribution in [3.63, 3.8) is 0 Å². The van der Waals surface area contributed by atoms with Crippen LogP contribution in [0.15, 0.2) is 28.7 Å². The number of ketones is 1. The Labute approximate surface area is 255 Å². The summed E-state index contributed by atoms with van der Waals surface area (Å²) in [6, 6.07) is 2.85. The van der Waals surface area contributed by atoms with Crippen LogP contribution in [0.4, 0.5) is 0 Å². The molecule has 12 heteroatoms. The molecule has 5 rings (SSSR count). The summed E-state index contributed by atoms with van der Waals surface area (Å²) in [6.07, 6.45) is -6.31. The summed E-state index contributed by atoms with van der Waals surface area (Å²) in [5.74, 6) is -4.10. The minimum absolute atomic E-state index is 0.00357. The van der Waals surface area contributed by atoms with Gasteiger partial charge in [-0.1, -0.05) is 26.8 Å². The molecule has 43 heavy (non-hydrogen) atoms. The fourth-order valence-corrected chi connectivity index (χ4v) is 9.49. The van der Waals surface area contributed by atoms with Crippen LogP contribution in [0.5, 0.6) is 0 Å². The van der Waals surface area contributed by atoms with E-state index in [0.29, 0.717) is 5.57 Å². The van der Waals surface area contributed by atoms with Crippen LogP contribution >= 0.6 is 11.3 Å². The molecule has 1 saturated heterocycles. The first-order chi connectivity index (χ1) is 20.0. The summed E-state index contributed by atoms with van der Waals surface area (Å²) in [7, 11) is 1.62. The zero-order valence-corrected chi connectivity index (χ0v) is 26.4. The molecule has 11 atom stereocenters. The van der Waals surface area contributed by atoms with E-state index in [-0.39, 0.29) is 25.0 Å². The molecular weight excluding hydrogens is 578 g/mol. The Morgan fingerprint density at radius 2 is 1.88 bits per heavy atom. The van der Waals surface area contributed by atoms with Gasteiger partial charge in [-0.15, -0.1) is 11.3 Å². The van der Waals surface area contributed by atoms with Crippen LogP contribution in [-0.2, 0) is 28.6 Å². The fourth-order valence-electron chi connectivity index (χ4n) is 8.63. The number of nitrogens with one attached hydrogen (secondary N) is 1. The molecule has 2 unspecified atom stereocenters. The topological polar surface area (TPSA) is 172 Å². The second kappa shape index (κ2) is 10.7. The molecule has 238 valence electrons. The summed E-state index contributed by atoms with van der Waals surface area (Å²) in [5.41, 5.74) is -5.40. The highest BCUT2D eigenvalue weighted by Gasteiger charge is 2.74. The number of aliphatic hydroxyl groups is 4. The van der Waals surface area contributed by atoms with Crippen LogP contribution in [0.2, 0.25) is 0 Å². The molecule has 4 aliphatic rings. The minimum atomic E-state index is -1.73. The Hall–Kier alpha value is -2.19. The Morgan fingerprint density at radius 3 is 2.42 bits per heavy atom. The van der Waals surface area contributed by atoms with Gasteiger partial charge < -0.3 is 40.0 Å². The Kier molecular flexibility index (Phi) is 8.03. The third-order valence-electron chi connectivity index (χ3n) is 11.1. The average Bonchev–Trinajstić information content (AvgIpc) is 3.46. The van der Waals surface area contributed by atoms with Gasteiger partial charge in [0, 0.05) is 36.0 Å². The smallest absolute Gasteiger partial charge is 0.337 e. The first-order valence-electron chi connectivity index (χ1n) is 14.7. The summed E-state index contributed by atoms with van der Waals surface area (Å²) >= 11 is 1.37. The van der Waals surface area contributed by atoms with Gasteiger partial charge in [0.05, 0.1) is 35.9 Å². The summed E-state index contributed by atoms with van der Waals surface area (Å²) in [4.78, 5) is 41.3. The van der Waals surface area contributed by atoms with E-state index in [4.69, 9.17) is 14.2 Å². The van der Waals surface area contributed by atoms with Gasteiger partial charge >= 0.3 is 11.9 Å². The molecule has 0 aromatic carbocycles. The van der Waals surface area contributed by atoms with Crippen molar-refractivity contribution in [3.05, 3.63) is 33.5 Å². The molecule has 1 aromatic heterocycles. The zero-order chi connectivity index (χ0) is 31.9. The van der Waals surface area contributed by atoms with E-state index in [1.54, 1.807) is 53.8 Å². The van der Waals surface area contributed by atoms with Crippen LogP contribution < -0.4 is 5.32 Å². The molecule has 2 heterocycles. The first-order valence-corrected chi connectivity index (χ1v) is 15.6. The lowest BCUT2D eigenvalue weighted by Crippen LogP contribution is -2.79. The van der Waals surface area contributed by atoms with Crippen molar-refractivity contribution in [2.45, 2.75) is 102 Å². The minimum Gasteiger partial charge on any atom is -0.456 e. The zero-order valence-electron chi connectivity index (χ0n) is 25.6. The number of carbonyl (C=O) groups is 3. The van der Waals surface area contributed by atoms with Gasteiger partial charge in [-0.3, -0.25) is 9.59 Å². The molecule has 3 aliphatic carbocycles.